The van der Waals surface area contributed by atoms with Crippen LogP contribution in [0.1, 0.15) is 32.1 Å². The van der Waals surface area contributed by atoms with Crippen LogP contribution in [0.15, 0.2) is 23.1 Å². The van der Waals surface area contributed by atoms with Crippen LogP contribution in [0.3, 0.4) is 0 Å². The average Bonchev–Trinajstić information content (AvgIpc) is 3.03. The molecule has 0 bridgehead atoms. The fraction of sp³-hybridized carbons (Fsp3) is 0.647. The molecule has 1 aliphatic carbocycles. The Hall–Kier alpha value is -1.35. The molecule has 138 valence electrons. The SMILES string of the molecule is O=S(=O)(NC[C@@H]1COC2(CCCCC2)O1)c1ccc2c(c1)OCCO2. The predicted octanol–water partition coefficient (Wildman–Crippen LogP) is 1.81. The second-order valence-corrected chi connectivity index (χ2v) is 8.45. The summed E-state index contributed by atoms with van der Waals surface area (Å²) in [4.78, 5) is 0.156. The molecule has 0 unspecified atom stereocenters. The smallest absolute Gasteiger partial charge is 0.240 e. The summed E-state index contributed by atoms with van der Waals surface area (Å²) in [5.41, 5.74) is 0. The highest BCUT2D eigenvalue weighted by Gasteiger charge is 2.42. The van der Waals surface area contributed by atoms with E-state index in [1.807, 2.05) is 0 Å². The van der Waals surface area contributed by atoms with Gasteiger partial charge in [-0.2, -0.15) is 0 Å². The van der Waals surface area contributed by atoms with E-state index < -0.39 is 15.8 Å². The molecular weight excluding hydrogens is 346 g/mol. The predicted molar refractivity (Wildman–Crippen MR) is 89.3 cm³/mol. The van der Waals surface area contributed by atoms with E-state index in [0.29, 0.717) is 31.3 Å². The van der Waals surface area contributed by atoms with Gasteiger partial charge >= 0.3 is 0 Å². The molecule has 3 aliphatic rings. The highest BCUT2D eigenvalue weighted by atomic mass is 32.2. The molecule has 2 fully saturated rings. The van der Waals surface area contributed by atoms with Crippen LogP contribution >= 0.6 is 0 Å². The fourth-order valence-corrected chi connectivity index (χ4v) is 4.63. The van der Waals surface area contributed by atoms with Crippen molar-refractivity contribution in [2.24, 2.45) is 0 Å². The van der Waals surface area contributed by atoms with Crippen molar-refractivity contribution in [3.05, 3.63) is 18.2 Å². The monoisotopic (exact) mass is 369 g/mol. The van der Waals surface area contributed by atoms with Gasteiger partial charge in [0.05, 0.1) is 17.6 Å². The summed E-state index contributed by atoms with van der Waals surface area (Å²) in [6.45, 7) is 1.50. The lowest BCUT2D eigenvalue weighted by Crippen LogP contribution is -2.37. The Morgan fingerprint density at radius 1 is 1.08 bits per heavy atom. The van der Waals surface area contributed by atoms with Gasteiger partial charge < -0.3 is 18.9 Å². The van der Waals surface area contributed by atoms with Gasteiger partial charge in [0.2, 0.25) is 10.0 Å². The Morgan fingerprint density at radius 2 is 1.84 bits per heavy atom. The van der Waals surface area contributed by atoms with Gasteiger partial charge in [-0.3, -0.25) is 0 Å². The quantitative estimate of drug-likeness (QED) is 0.872. The molecule has 4 rings (SSSR count). The zero-order chi connectivity index (χ0) is 17.3. The first-order valence-corrected chi connectivity index (χ1v) is 10.3. The molecule has 7 nitrogen and oxygen atoms in total. The standard InChI is InChI=1S/C17H23NO6S/c19-25(20,14-4-5-15-16(10-14)22-9-8-21-15)18-11-13-12-23-17(24-13)6-2-1-3-7-17/h4-5,10,13,18H,1-3,6-9,11-12H2/t13-/m1/s1. The lowest BCUT2D eigenvalue weighted by molar-refractivity contribution is -0.186. The molecule has 2 aliphatic heterocycles. The average molecular weight is 369 g/mol. The molecule has 0 aromatic heterocycles. The third-order valence-corrected chi connectivity index (χ3v) is 6.28. The van der Waals surface area contributed by atoms with Crippen LogP contribution < -0.4 is 14.2 Å². The third kappa shape index (κ3) is 3.62. The Morgan fingerprint density at radius 3 is 2.64 bits per heavy atom. The first-order valence-electron chi connectivity index (χ1n) is 8.77. The molecule has 1 atom stereocenters. The summed E-state index contributed by atoms with van der Waals surface area (Å²) in [5, 5.41) is 0. The number of hydrogen-bond donors (Lipinski definition) is 1. The van der Waals surface area contributed by atoms with E-state index in [-0.39, 0.29) is 17.5 Å². The van der Waals surface area contributed by atoms with Crippen LogP contribution in [0.4, 0.5) is 0 Å². The summed E-state index contributed by atoms with van der Waals surface area (Å²) in [6.07, 6.45) is 4.91. The number of hydrogen-bond acceptors (Lipinski definition) is 6. The first-order chi connectivity index (χ1) is 12.1. The maximum atomic E-state index is 12.5. The maximum absolute atomic E-state index is 12.5. The van der Waals surface area contributed by atoms with Gasteiger partial charge in [-0.15, -0.1) is 0 Å². The van der Waals surface area contributed by atoms with Crippen LogP contribution in [0.25, 0.3) is 0 Å². The van der Waals surface area contributed by atoms with Gasteiger partial charge in [0, 0.05) is 25.5 Å². The Balaban J connectivity index is 1.39. The van der Waals surface area contributed by atoms with Crippen molar-refractivity contribution in [3.8, 4) is 11.5 Å². The number of fused-ring (bicyclic) bond motifs is 1. The Bertz CT molecular complexity index is 729. The molecule has 0 radical (unpaired) electrons. The fourth-order valence-electron chi connectivity index (χ4n) is 3.55. The molecule has 1 saturated carbocycles. The number of benzene rings is 1. The van der Waals surface area contributed by atoms with Gasteiger partial charge in [-0.05, 0) is 25.0 Å². The van der Waals surface area contributed by atoms with Crippen molar-refractivity contribution in [1.82, 2.24) is 4.72 Å². The Labute approximate surface area is 147 Å². The minimum Gasteiger partial charge on any atom is -0.486 e. The zero-order valence-corrected chi connectivity index (χ0v) is 14.8. The molecule has 0 amide bonds. The van der Waals surface area contributed by atoms with Gasteiger partial charge in [0.1, 0.15) is 13.2 Å². The van der Waals surface area contributed by atoms with E-state index in [0.717, 1.165) is 25.7 Å². The van der Waals surface area contributed by atoms with Gasteiger partial charge in [-0.1, -0.05) is 6.42 Å². The molecule has 1 aromatic carbocycles. The highest BCUT2D eigenvalue weighted by molar-refractivity contribution is 7.89. The summed E-state index contributed by atoms with van der Waals surface area (Å²) in [6, 6.07) is 4.63. The maximum Gasteiger partial charge on any atom is 0.240 e. The number of sulfonamides is 1. The topological polar surface area (TPSA) is 83.1 Å². The summed E-state index contributed by atoms with van der Waals surface area (Å²) >= 11 is 0. The van der Waals surface area contributed by atoms with Crippen molar-refractivity contribution < 1.29 is 27.4 Å². The summed E-state index contributed by atoms with van der Waals surface area (Å²) in [7, 11) is -3.64. The van der Waals surface area contributed by atoms with E-state index in [1.54, 1.807) is 6.07 Å². The molecule has 1 aromatic rings. The number of ether oxygens (including phenoxy) is 4. The second kappa shape index (κ2) is 6.75. The van der Waals surface area contributed by atoms with Crippen molar-refractivity contribution in [1.29, 1.82) is 0 Å². The van der Waals surface area contributed by atoms with E-state index in [9.17, 15) is 8.42 Å². The minimum atomic E-state index is -3.64. The number of rotatable bonds is 4. The second-order valence-electron chi connectivity index (χ2n) is 6.68. The minimum absolute atomic E-state index is 0.156. The molecule has 1 N–H and O–H groups in total. The van der Waals surface area contributed by atoms with E-state index >= 15 is 0 Å². The normalized spacial score (nSPS) is 25.2. The van der Waals surface area contributed by atoms with Crippen LogP contribution in [0, 0.1) is 0 Å². The molecule has 1 saturated heterocycles. The molecule has 1 spiro atoms. The largest absolute Gasteiger partial charge is 0.486 e. The van der Waals surface area contributed by atoms with E-state index in [2.05, 4.69) is 4.72 Å². The van der Waals surface area contributed by atoms with Gasteiger partial charge in [-0.25, -0.2) is 13.1 Å². The van der Waals surface area contributed by atoms with Gasteiger partial charge in [0.15, 0.2) is 17.3 Å². The van der Waals surface area contributed by atoms with Crippen LogP contribution in [-0.2, 0) is 19.5 Å². The Kier molecular flexibility index (Phi) is 4.61. The molecule has 2 heterocycles. The highest BCUT2D eigenvalue weighted by Crippen LogP contribution is 2.37. The summed E-state index contributed by atoms with van der Waals surface area (Å²) in [5.74, 6) is 0.526. The lowest BCUT2D eigenvalue weighted by Gasteiger charge is -2.31. The van der Waals surface area contributed by atoms with E-state index in [4.69, 9.17) is 18.9 Å². The van der Waals surface area contributed by atoms with Crippen LogP contribution in [0.5, 0.6) is 11.5 Å². The van der Waals surface area contributed by atoms with Crippen molar-refractivity contribution >= 4 is 10.0 Å². The third-order valence-electron chi connectivity index (χ3n) is 4.85. The van der Waals surface area contributed by atoms with Gasteiger partial charge in [0.25, 0.3) is 0 Å². The molecule has 8 heteroatoms. The van der Waals surface area contributed by atoms with Crippen molar-refractivity contribution in [2.45, 2.75) is 48.9 Å². The lowest BCUT2D eigenvalue weighted by atomic mass is 9.94. The summed E-state index contributed by atoms with van der Waals surface area (Å²) < 4.78 is 50.4. The molecule has 25 heavy (non-hydrogen) atoms. The number of nitrogens with one attached hydrogen (secondary N) is 1. The van der Waals surface area contributed by atoms with Crippen LogP contribution in [0.2, 0.25) is 0 Å². The first kappa shape index (κ1) is 17.1. The van der Waals surface area contributed by atoms with E-state index in [1.165, 1.54) is 18.6 Å². The van der Waals surface area contributed by atoms with Crippen LogP contribution in [-0.4, -0.2) is 46.7 Å². The molecular formula is C17H23NO6S. The zero-order valence-electron chi connectivity index (χ0n) is 14.0. The van der Waals surface area contributed by atoms with Crippen molar-refractivity contribution in [2.75, 3.05) is 26.4 Å². The van der Waals surface area contributed by atoms with Crippen molar-refractivity contribution in [3.63, 3.8) is 0 Å².